The van der Waals surface area contributed by atoms with Crippen LogP contribution in [0.1, 0.15) is 0 Å². The Morgan fingerprint density at radius 2 is 1.55 bits per heavy atom. The van der Waals surface area contributed by atoms with E-state index in [2.05, 4.69) is 40.1 Å². The third-order valence-electron chi connectivity index (χ3n) is 3.98. The van der Waals surface area contributed by atoms with E-state index < -0.39 is 0 Å². The Labute approximate surface area is 135 Å². The summed E-state index contributed by atoms with van der Waals surface area (Å²) in [6.07, 6.45) is 0. The fraction of sp³-hybridized carbons (Fsp3) is 0.333. The maximum absolute atomic E-state index is 13.0. The molecule has 0 unspecified atom stereocenters. The van der Waals surface area contributed by atoms with Gasteiger partial charge in [-0.05, 0) is 36.4 Å². The second kappa shape index (κ2) is 7.65. The van der Waals surface area contributed by atoms with Gasteiger partial charge in [0.15, 0.2) is 0 Å². The molecule has 3 rings (SSSR count). The van der Waals surface area contributed by atoms with E-state index >= 15 is 0 Å². The van der Waals surface area contributed by atoms with Crippen LogP contribution in [0.5, 0.6) is 0 Å². The summed E-state index contributed by atoms with van der Waals surface area (Å²) in [5.74, 6) is 0.959. The molecule has 1 heterocycles. The smallest absolute Gasteiger partial charge is 0.123 e. The van der Waals surface area contributed by atoms with Crippen LogP contribution in [0.4, 0.5) is 10.1 Å². The molecule has 0 radical (unpaired) electrons. The lowest BCUT2D eigenvalue weighted by molar-refractivity contribution is 0.273. The number of rotatable bonds is 5. The van der Waals surface area contributed by atoms with Gasteiger partial charge in [-0.2, -0.15) is 0 Å². The SMILES string of the molecule is Fc1ccc(N2CCN(CCSc3ccccc3)CC2)cc1. The van der Waals surface area contributed by atoms with Crippen LogP contribution in [0.3, 0.4) is 0 Å². The Kier molecular flexibility index (Phi) is 5.35. The average Bonchev–Trinajstić information content (AvgIpc) is 2.57. The molecule has 0 aliphatic carbocycles. The minimum Gasteiger partial charge on any atom is -0.369 e. The zero-order valence-electron chi connectivity index (χ0n) is 12.6. The van der Waals surface area contributed by atoms with Crippen LogP contribution in [0.2, 0.25) is 0 Å². The number of nitrogens with zero attached hydrogens (tertiary/aromatic N) is 2. The minimum atomic E-state index is -0.166. The van der Waals surface area contributed by atoms with E-state index in [9.17, 15) is 4.39 Å². The predicted octanol–water partition coefficient (Wildman–Crippen LogP) is 3.74. The van der Waals surface area contributed by atoms with E-state index in [4.69, 9.17) is 0 Å². The standard InChI is InChI=1S/C18H21FN2S/c19-16-6-8-17(9-7-16)21-12-10-20(11-13-21)14-15-22-18-4-2-1-3-5-18/h1-9H,10-15H2. The zero-order chi connectivity index (χ0) is 15.2. The van der Waals surface area contributed by atoms with Gasteiger partial charge in [-0.15, -0.1) is 11.8 Å². The maximum Gasteiger partial charge on any atom is 0.123 e. The number of hydrogen-bond donors (Lipinski definition) is 0. The van der Waals surface area contributed by atoms with Crippen LogP contribution in [-0.2, 0) is 0 Å². The van der Waals surface area contributed by atoms with Crippen LogP contribution >= 0.6 is 11.8 Å². The first kappa shape index (κ1) is 15.4. The van der Waals surface area contributed by atoms with Gasteiger partial charge in [0.25, 0.3) is 0 Å². The molecule has 0 N–H and O–H groups in total. The lowest BCUT2D eigenvalue weighted by atomic mass is 10.2. The number of halogens is 1. The third kappa shape index (κ3) is 4.24. The first-order valence-electron chi connectivity index (χ1n) is 7.72. The monoisotopic (exact) mass is 316 g/mol. The molecule has 1 saturated heterocycles. The van der Waals surface area contributed by atoms with Crippen molar-refractivity contribution in [2.75, 3.05) is 43.4 Å². The summed E-state index contributed by atoms with van der Waals surface area (Å²) in [4.78, 5) is 6.18. The molecule has 0 spiro atoms. The molecule has 2 aromatic rings. The Balaban J connectivity index is 1.41. The molecule has 1 fully saturated rings. The van der Waals surface area contributed by atoms with Crippen molar-refractivity contribution in [3.05, 3.63) is 60.4 Å². The number of thioether (sulfide) groups is 1. The highest BCUT2D eigenvalue weighted by molar-refractivity contribution is 7.99. The molecule has 2 aromatic carbocycles. The molecule has 116 valence electrons. The van der Waals surface area contributed by atoms with Crippen molar-refractivity contribution in [1.29, 1.82) is 0 Å². The Morgan fingerprint density at radius 1 is 0.864 bits per heavy atom. The first-order chi connectivity index (χ1) is 10.8. The predicted molar refractivity (Wildman–Crippen MR) is 92.2 cm³/mol. The Hall–Kier alpha value is -1.52. The molecule has 0 aromatic heterocycles. The molecule has 0 saturated carbocycles. The highest BCUT2D eigenvalue weighted by Gasteiger charge is 2.16. The average molecular weight is 316 g/mol. The van der Waals surface area contributed by atoms with Crippen LogP contribution in [0.25, 0.3) is 0 Å². The van der Waals surface area contributed by atoms with Crippen LogP contribution < -0.4 is 4.90 Å². The second-order valence-electron chi connectivity index (χ2n) is 5.47. The second-order valence-corrected chi connectivity index (χ2v) is 6.63. The number of piperazine rings is 1. The van der Waals surface area contributed by atoms with Crippen molar-refractivity contribution in [3.63, 3.8) is 0 Å². The topological polar surface area (TPSA) is 6.48 Å². The first-order valence-corrected chi connectivity index (χ1v) is 8.70. The van der Waals surface area contributed by atoms with E-state index in [1.807, 2.05) is 23.9 Å². The molecule has 22 heavy (non-hydrogen) atoms. The fourth-order valence-electron chi connectivity index (χ4n) is 2.69. The third-order valence-corrected chi connectivity index (χ3v) is 4.98. The van der Waals surface area contributed by atoms with Gasteiger partial charge in [-0.25, -0.2) is 4.39 Å². The summed E-state index contributed by atoms with van der Waals surface area (Å²) in [7, 11) is 0. The molecular weight excluding hydrogens is 295 g/mol. The lowest BCUT2D eigenvalue weighted by Gasteiger charge is -2.36. The highest BCUT2D eigenvalue weighted by atomic mass is 32.2. The van der Waals surface area contributed by atoms with Crippen LogP contribution in [0.15, 0.2) is 59.5 Å². The van der Waals surface area contributed by atoms with Crippen molar-refractivity contribution in [1.82, 2.24) is 4.90 Å². The quantitative estimate of drug-likeness (QED) is 0.776. The maximum atomic E-state index is 13.0. The molecule has 0 amide bonds. The summed E-state index contributed by atoms with van der Waals surface area (Å²) in [6, 6.07) is 17.4. The normalized spacial score (nSPS) is 16.0. The summed E-state index contributed by atoms with van der Waals surface area (Å²) in [5.41, 5.74) is 1.12. The van der Waals surface area contributed by atoms with Gasteiger partial charge in [0.05, 0.1) is 0 Å². The van der Waals surface area contributed by atoms with E-state index in [-0.39, 0.29) is 5.82 Å². The van der Waals surface area contributed by atoms with Crippen LogP contribution in [-0.4, -0.2) is 43.4 Å². The largest absolute Gasteiger partial charge is 0.369 e. The van der Waals surface area contributed by atoms with E-state index in [0.717, 1.165) is 44.2 Å². The van der Waals surface area contributed by atoms with Crippen molar-refractivity contribution < 1.29 is 4.39 Å². The minimum absolute atomic E-state index is 0.166. The molecule has 4 heteroatoms. The van der Waals surface area contributed by atoms with E-state index in [1.165, 1.54) is 17.0 Å². The lowest BCUT2D eigenvalue weighted by Crippen LogP contribution is -2.47. The fourth-order valence-corrected chi connectivity index (χ4v) is 3.63. The van der Waals surface area contributed by atoms with Crippen molar-refractivity contribution in [2.45, 2.75) is 4.90 Å². The molecule has 0 bridgehead atoms. The van der Waals surface area contributed by atoms with E-state index in [1.54, 1.807) is 0 Å². The van der Waals surface area contributed by atoms with Crippen LogP contribution in [0, 0.1) is 5.82 Å². The van der Waals surface area contributed by atoms with E-state index in [0.29, 0.717) is 0 Å². The molecular formula is C18H21FN2S. The summed E-state index contributed by atoms with van der Waals surface area (Å²) >= 11 is 1.92. The number of anilines is 1. The summed E-state index contributed by atoms with van der Waals surface area (Å²) in [5, 5.41) is 0. The summed E-state index contributed by atoms with van der Waals surface area (Å²) in [6.45, 7) is 5.31. The zero-order valence-corrected chi connectivity index (χ0v) is 13.4. The van der Waals surface area contributed by atoms with Crippen molar-refractivity contribution >= 4 is 17.4 Å². The molecule has 1 aliphatic heterocycles. The van der Waals surface area contributed by atoms with Gasteiger partial charge in [0.2, 0.25) is 0 Å². The Bertz CT molecular complexity index is 565. The van der Waals surface area contributed by atoms with Gasteiger partial charge in [0, 0.05) is 49.1 Å². The molecule has 1 aliphatic rings. The van der Waals surface area contributed by atoms with Gasteiger partial charge < -0.3 is 4.90 Å². The van der Waals surface area contributed by atoms with Crippen molar-refractivity contribution in [3.8, 4) is 0 Å². The van der Waals surface area contributed by atoms with Gasteiger partial charge >= 0.3 is 0 Å². The number of hydrogen-bond acceptors (Lipinski definition) is 3. The number of benzene rings is 2. The Morgan fingerprint density at radius 3 is 2.23 bits per heavy atom. The highest BCUT2D eigenvalue weighted by Crippen LogP contribution is 2.19. The van der Waals surface area contributed by atoms with Gasteiger partial charge in [0.1, 0.15) is 5.82 Å². The summed E-state index contributed by atoms with van der Waals surface area (Å²) < 4.78 is 13.0. The molecule has 2 nitrogen and oxygen atoms in total. The molecule has 0 atom stereocenters. The van der Waals surface area contributed by atoms with Gasteiger partial charge in [-0.3, -0.25) is 4.90 Å². The van der Waals surface area contributed by atoms with Crippen molar-refractivity contribution in [2.24, 2.45) is 0 Å². The van der Waals surface area contributed by atoms with Gasteiger partial charge in [-0.1, -0.05) is 18.2 Å².